The minimum Gasteiger partial charge on any atom is -0.389 e. The van der Waals surface area contributed by atoms with Crippen molar-refractivity contribution in [2.24, 2.45) is 5.16 Å². The van der Waals surface area contributed by atoms with Crippen LogP contribution in [-0.2, 0) is 10.6 Å². The fourth-order valence-electron chi connectivity index (χ4n) is 2.08. The molecule has 0 atom stereocenters. The number of hydrogen-bond donors (Lipinski definition) is 0. The van der Waals surface area contributed by atoms with Crippen molar-refractivity contribution in [2.45, 2.75) is 57.3 Å². The third-order valence-electron chi connectivity index (χ3n) is 3.32. The highest BCUT2D eigenvalue weighted by Crippen LogP contribution is 2.43. The Morgan fingerprint density at radius 2 is 2.17 bits per heavy atom. The smallest absolute Gasteiger partial charge is 0.144 e. The summed E-state index contributed by atoms with van der Waals surface area (Å²) in [4.78, 5) is 5.37. The molecule has 0 saturated heterocycles. The van der Waals surface area contributed by atoms with Crippen molar-refractivity contribution in [1.82, 2.24) is 5.16 Å². The Labute approximate surface area is 111 Å². The zero-order valence-corrected chi connectivity index (χ0v) is 11.8. The minimum atomic E-state index is -0.147. The van der Waals surface area contributed by atoms with Crippen molar-refractivity contribution < 1.29 is 9.36 Å². The Morgan fingerprint density at radius 3 is 2.78 bits per heavy atom. The predicted molar refractivity (Wildman–Crippen MR) is 71.7 cm³/mol. The van der Waals surface area contributed by atoms with E-state index in [4.69, 9.17) is 9.36 Å². The van der Waals surface area contributed by atoms with Gasteiger partial charge < -0.3 is 9.36 Å². The molecule has 0 N–H and O–H groups in total. The van der Waals surface area contributed by atoms with E-state index >= 15 is 0 Å². The first-order valence-electron chi connectivity index (χ1n) is 6.38. The monoisotopic (exact) mass is 266 g/mol. The van der Waals surface area contributed by atoms with E-state index in [0.29, 0.717) is 5.92 Å². The molecule has 0 unspecified atom stereocenters. The zero-order valence-electron chi connectivity index (χ0n) is 11.0. The lowest BCUT2D eigenvalue weighted by Gasteiger charge is -2.13. The second kappa shape index (κ2) is 4.30. The highest BCUT2D eigenvalue weighted by Gasteiger charge is 2.33. The molecule has 2 heterocycles. The van der Waals surface area contributed by atoms with E-state index in [1.54, 1.807) is 11.8 Å². The Hall–Kier alpha value is -0.970. The van der Waals surface area contributed by atoms with Gasteiger partial charge in [-0.15, -0.1) is 11.8 Å². The van der Waals surface area contributed by atoms with Crippen LogP contribution in [0.1, 0.15) is 56.0 Å². The van der Waals surface area contributed by atoms with E-state index in [2.05, 4.69) is 24.2 Å². The summed E-state index contributed by atoms with van der Waals surface area (Å²) in [6.07, 6.45) is 3.37. The van der Waals surface area contributed by atoms with Gasteiger partial charge in [0.25, 0.3) is 0 Å². The molecule has 4 nitrogen and oxygen atoms in total. The fourth-order valence-corrected chi connectivity index (χ4v) is 3.29. The average Bonchev–Trinajstić information content (AvgIpc) is 3.00. The normalized spacial score (nSPS) is 21.8. The molecular formula is C13H18N2O2S. The summed E-state index contributed by atoms with van der Waals surface area (Å²) in [5, 5.41) is 9.30. The van der Waals surface area contributed by atoms with Crippen LogP contribution in [0.4, 0.5) is 0 Å². The predicted octanol–water partition coefficient (Wildman–Crippen LogP) is 3.61. The summed E-state index contributed by atoms with van der Waals surface area (Å²) in [6.45, 7) is 6.14. The van der Waals surface area contributed by atoms with Crippen LogP contribution in [0.2, 0.25) is 0 Å². The maximum atomic E-state index is 5.44. The van der Waals surface area contributed by atoms with Crippen LogP contribution in [0.5, 0.6) is 0 Å². The number of rotatable bonds is 3. The largest absolute Gasteiger partial charge is 0.389 e. The van der Waals surface area contributed by atoms with Gasteiger partial charge in [-0.1, -0.05) is 10.3 Å². The van der Waals surface area contributed by atoms with Crippen molar-refractivity contribution in [1.29, 1.82) is 0 Å². The molecule has 3 rings (SSSR count). The van der Waals surface area contributed by atoms with Crippen LogP contribution in [0.3, 0.4) is 0 Å². The molecule has 0 radical (unpaired) electrons. The average molecular weight is 266 g/mol. The van der Waals surface area contributed by atoms with Gasteiger partial charge in [0.15, 0.2) is 0 Å². The maximum Gasteiger partial charge on any atom is 0.144 e. The fraction of sp³-hybridized carbons (Fsp3) is 0.692. The van der Waals surface area contributed by atoms with Crippen molar-refractivity contribution in [2.75, 3.05) is 0 Å². The third-order valence-corrected chi connectivity index (χ3v) is 4.30. The van der Waals surface area contributed by atoms with E-state index in [9.17, 15) is 0 Å². The second-order valence-electron chi connectivity index (χ2n) is 5.69. The molecule has 1 aliphatic carbocycles. The van der Waals surface area contributed by atoms with Crippen LogP contribution in [0.25, 0.3) is 0 Å². The van der Waals surface area contributed by atoms with Crippen molar-refractivity contribution in [3.63, 3.8) is 0 Å². The van der Waals surface area contributed by atoms with Crippen LogP contribution < -0.4 is 0 Å². The summed E-state index contributed by atoms with van der Waals surface area (Å²) >= 11 is 1.74. The lowest BCUT2D eigenvalue weighted by atomic mass is 10.1. The minimum absolute atomic E-state index is 0.147. The molecule has 1 fully saturated rings. The summed E-state index contributed by atoms with van der Waals surface area (Å²) < 4.78 is 5.44. The number of thioether (sulfide) groups is 1. The van der Waals surface area contributed by atoms with Gasteiger partial charge in [-0.2, -0.15) is 0 Å². The van der Waals surface area contributed by atoms with Gasteiger partial charge in [-0.25, -0.2) is 0 Å². The van der Waals surface area contributed by atoms with Crippen molar-refractivity contribution in [3.05, 3.63) is 17.0 Å². The van der Waals surface area contributed by atoms with Crippen LogP contribution in [-0.4, -0.2) is 15.8 Å². The first-order valence-corrected chi connectivity index (χ1v) is 7.36. The standard InChI is InChI=1S/C13H18N2O2S/c1-8-10(12(16-14-8)9-4-5-9)7-18-11-6-13(2,3)17-15-11/h9H,4-7H2,1-3H3. The Kier molecular flexibility index (Phi) is 2.88. The summed E-state index contributed by atoms with van der Waals surface area (Å²) in [6, 6.07) is 0. The highest BCUT2D eigenvalue weighted by molar-refractivity contribution is 8.13. The molecule has 1 aromatic rings. The summed E-state index contributed by atoms with van der Waals surface area (Å²) in [5.74, 6) is 2.60. The molecule has 0 spiro atoms. The van der Waals surface area contributed by atoms with E-state index in [1.807, 2.05) is 6.92 Å². The second-order valence-corrected chi connectivity index (χ2v) is 6.74. The van der Waals surface area contributed by atoms with Gasteiger partial charge in [0, 0.05) is 23.7 Å². The number of hydrogen-bond acceptors (Lipinski definition) is 5. The molecule has 98 valence electrons. The Balaban J connectivity index is 1.65. The lowest BCUT2D eigenvalue weighted by Crippen LogP contribution is -2.18. The topological polar surface area (TPSA) is 47.6 Å². The van der Waals surface area contributed by atoms with Gasteiger partial charge in [0.2, 0.25) is 0 Å². The zero-order chi connectivity index (χ0) is 12.8. The molecule has 5 heteroatoms. The van der Waals surface area contributed by atoms with Crippen LogP contribution in [0, 0.1) is 6.92 Å². The number of oxime groups is 1. The molecule has 18 heavy (non-hydrogen) atoms. The molecule has 0 aromatic carbocycles. The van der Waals surface area contributed by atoms with Crippen molar-refractivity contribution in [3.8, 4) is 0 Å². The number of aromatic nitrogens is 1. The lowest BCUT2D eigenvalue weighted by molar-refractivity contribution is 0.0123. The highest BCUT2D eigenvalue weighted by atomic mass is 32.2. The number of aryl methyl sites for hydroxylation is 1. The SMILES string of the molecule is Cc1noc(C2CC2)c1CSC1=NOC(C)(C)C1. The van der Waals surface area contributed by atoms with Gasteiger partial charge in [0.05, 0.1) is 5.69 Å². The first kappa shape index (κ1) is 12.1. The van der Waals surface area contributed by atoms with E-state index in [-0.39, 0.29) is 5.60 Å². The maximum absolute atomic E-state index is 5.44. The number of nitrogens with zero attached hydrogens (tertiary/aromatic N) is 2. The molecule has 1 aromatic heterocycles. The molecular weight excluding hydrogens is 248 g/mol. The molecule has 0 bridgehead atoms. The van der Waals surface area contributed by atoms with Crippen LogP contribution >= 0.6 is 11.8 Å². The van der Waals surface area contributed by atoms with Gasteiger partial charge >= 0.3 is 0 Å². The molecule has 2 aliphatic rings. The van der Waals surface area contributed by atoms with Gasteiger partial charge in [0.1, 0.15) is 16.4 Å². The summed E-state index contributed by atoms with van der Waals surface area (Å²) in [7, 11) is 0. The van der Waals surface area contributed by atoms with Gasteiger partial charge in [-0.05, 0) is 33.6 Å². The molecule has 0 amide bonds. The molecule has 1 aliphatic heterocycles. The Morgan fingerprint density at radius 1 is 1.39 bits per heavy atom. The third kappa shape index (κ3) is 2.41. The van der Waals surface area contributed by atoms with E-state index in [1.165, 1.54) is 18.4 Å². The van der Waals surface area contributed by atoms with Crippen molar-refractivity contribution >= 4 is 16.8 Å². The first-order chi connectivity index (χ1) is 8.55. The van der Waals surface area contributed by atoms with Crippen LogP contribution in [0.15, 0.2) is 9.68 Å². The van der Waals surface area contributed by atoms with E-state index in [0.717, 1.165) is 28.7 Å². The van der Waals surface area contributed by atoms with Gasteiger partial charge in [-0.3, -0.25) is 0 Å². The molecule has 1 saturated carbocycles. The summed E-state index contributed by atoms with van der Waals surface area (Å²) in [5.41, 5.74) is 2.13. The van der Waals surface area contributed by atoms with E-state index < -0.39 is 0 Å². The quantitative estimate of drug-likeness (QED) is 0.838. The Bertz CT molecular complexity index is 489.